The molecule has 3 heteroatoms. The minimum Gasteiger partial charge on any atom is -0.490 e. The van der Waals surface area contributed by atoms with E-state index < -0.39 is 6.10 Å². The highest BCUT2D eigenvalue weighted by atomic mass is 16.5. The number of aliphatic hydroxyl groups excluding tert-OH is 1. The quantitative estimate of drug-likeness (QED) is 0.561. The number of aryl methyl sites for hydroxylation is 2. The van der Waals surface area contributed by atoms with Crippen molar-refractivity contribution in [2.24, 2.45) is 0 Å². The molecular weight excluding hydrogens is 322 g/mol. The Bertz CT molecular complexity index is 991. The highest BCUT2D eigenvalue weighted by Crippen LogP contribution is 2.29. The predicted molar refractivity (Wildman–Crippen MR) is 107 cm³/mol. The molecule has 4 rings (SSSR count). The number of aliphatic hydroxyl groups is 1. The topological polar surface area (TPSA) is 34.4 Å². The molecule has 4 aromatic rings. The summed E-state index contributed by atoms with van der Waals surface area (Å²) in [6.45, 7) is 4.83. The summed E-state index contributed by atoms with van der Waals surface area (Å²) < 4.78 is 8.12. The lowest BCUT2D eigenvalue weighted by molar-refractivity contribution is 0.0938. The van der Waals surface area contributed by atoms with Gasteiger partial charge in [-0.1, -0.05) is 54.6 Å². The van der Waals surface area contributed by atoms with Crippen LogP contribution in [0.5, 0.6) is 5.75 Å². The molecule has 0 aliphatic rings. The largest absolute Gasteiger partial charge is 0.490 e. The van der Waals surface area contributed by atoms with E-state index in [1.807, 2.05) is 44.2 Å². The zero-order valence-electron chi connectivity index (χ0n) is 15.1. The Morgan fingerprint density at radius 2 is 1.35 bits per heavy atom. The van der Waals surface area contributed by atoms with E-state index in [-0.39, 0.29) is 6.61 Å². The third-order valence-electron chi connectivity index (χ3n) is 4.90. The van der Waals surface area contributed by atoms with Crippen molar-refractivity contribution in [3.8, 4) is 5.75 Å². The van der Waals surface area contributed by atoms with Crippen molar-refractivity contribution in [3.05, 3.63) is 77.9 Å². The first kappa shape index (κ1) is 16.7. The highest BCUT2D eigenvalue weighted by molar-refractivity contribution is 6.07. The van der Waals surface area contributed by atoms with E-state index in [0.717, 1.165) is 27.9 Å². The van der Waals surface area contributed by atoms with Gasteiger partial charge in [0.05, 0.1) is 6.54 Å². The van der Waals surface area contributed by atoms with Crippen molar-refractivity contribution in [3.63, 3.8) is 0 Å². The molecule has 0 fully saturated rings. The van der Waals surface area contributed by atoms with Gasteiger partial charge in [-0.25, -0.2) is 0 Å². The second-order valence-electron chi connectivity index (χ2n) is 6.83. The molecule has 0 unspecified atom stereocenters. The lowest BCUT2D eigenvalue weighted by atomic mass is 10.1. The van der Waals surface area contributed by atoms with Gasteiger partial charge in [-0.05, 0) is 37.1 Å². The first-order chi connectivity index (χ1) is 12.6. The number of ether oxygens (including phenoxy) is 1. The van der Waals surface area contributed by atoms with Crippen LogP contribution in [0.2, 0.25) is 0 Å². The van der Waals surface area contributed by atoms with Crippen LogP contribution in [0.3, 0.4) is 0 Å². The molecule has 0 spiro atoms. The molecule has 1 heterocycles. The van der Waals surface area contributed by atoms with Gasteiger partial charge in [0.25, 0.3) is 0 Å². The number of aromatic nitrogens is 1. The van der Waals surface area contributed by atoms with Crippen LogP contribution in [0, 0.1) is 13.8 Å². The molecule has 1 aromatic heterocycles. The van der Waals surface area contributed by atoms with E-state index in [1.54, 1.807) is 0 Å². The maximum atomic E-state index is 10.6. The number of nitrogens with zero attached hydrogens (tertiary/aromatic N) is 1. The molecule has 3 nitrogen and oxygen atoms in total. The van der Waals surface area contributed by atoms with Crippen molar-refractivity contribution in [1.82, 2.24) is 4.57 Å². The second kappa shape index (κ2) is 6.85. The Hall–Kier alpha value is -2.78. The van der Waals surface area contributed by atoms with E-state index in [4.69, 9.17) is 4.74 Å². The summed E-state index contributed by atoms with van der Waals surface area (Å²) in [5, 5.41) is 13.1. The van der Waals surface area contributed by atoms with Crippen molar-refractivity contribution < 1.29 is 9.84 Å². The van der Waals surface area contributed by atoms with Crippen LogP contribution in [-0.2, 0) is 6.54 Å². The normalized spacial score (nSPS) is 12.6. The van der Waals surface area contributed by atoms with Crippen LogP contribution in [0.25, 0.3) is 21.8 Å². The van der Waals surface area contributed by atoms with E-state index in [2.05, 4.69) is 41.0 Å². The average molecular weight is 345 g/mol. The number of hydrogen-bond acceptors (Lipinski definition) is 2. The van der Waals surface area contributed by atoms with Crippen molar-refractivity contribution in [1.29, 1.82) is 0 Å². The van der Waals surface area contributed by atoms with Crippen LogP contribution in [-0.4, -0.2) is 22.4 Å². The molecule has 26 heavy (non-hydrogen) atoms. The molecule has 0 saturated heterocycles. The SMILES string of the molecule is Cc1cccc(C)c1OC[C@H](O)Cn1c2ccccc2c2ccccc21. The fourth-order valence-electron chi connectivity index (χ4n) is 3.67. The van der Waals surface area contributed by atoms with Crippen LogP contribution in [0.15, 0.2) is 66.7 Å². The zero-order chi connectivity index (χ0) is 18.1. The lowest BCUT2D eigenvalue weighted by Crippen LogP contribution is -2.24. The molecular formula is C23H23NO2. The van der Waals surface area contributed by atoms with Crippen LogP contribution in [0.1, 0.15) is 11.1 Å². The highest BCUT2D eigenvalue weighted by Gasteiger charge is 2.14. The van der Waals surface area contributed by atoms with Crippen LogP contribution >= 0.6 is 0 Å². The Labute approximate surface area is 153 Å². The van der Waals surface area contributed by atoms with Crippen molar-refractivity contribution in [2.75, 3.05) is 6.61 Å². The van der Waals surface area contributed by atoms with Gasteiger partial charge in [-0.15, -0.1) is 0 Å². The van der Waals surface area contributed by atoms with Crippen LogP contribution < -0.4 is 4.74 Å². The van der Waals surface area contributed by atoms with Gasteiger partial charge in [0.2, 0.25) is 0 Å². The number of benzene rings is 3. The molecule has 1 atom stereocenters. The Kier molecular flexibility index (Phi) is 4.39. The molecule has 0 amide bonds. The van der Waals surface area contributed by atoms with Gasteiger partial charge < -0.3 is 14.4 Å². The van der Waals surface area contributed by atoms with Gasteiger partial charge in [0.15, 0.2) is 0 Å². The summed E-state index contributed by atoms with van der Waals surface area (Å²) in [5.41, 5.74) is 4.46. The molecule has 0 bridgehead atoms. The van der Waals surface area contributed by atoms with E-state index in [1.165, 1.54) is 10.8 Å². The fraction of sp³-hybridized carbons (Fsp3) is 0.217. The molecule has 0 radical (unpaired) electrons. The van der Waals surface area contributed by atoms with Crippen molar-refractivity contribution >= 4 is 21.8 Å². The molecule has 0 aliphatic heterocycles. The third kappa shape index (κ3) is 2.95. The maximum absolute atomic E-state index is 10.6. The van der Waals surface area contributed by atoms with Crippen LogP contribution in [0.4, 0.5) is 0 Å². The summed E-state index contributed by atoms with van der Waals surface area (Å²) >= 11 is 0. The van der Waals surface area contributed by atoms with Gasteiger partial charge >= 0.3 is 0 Å². The van der Waals surface area contributed by atoms with E-state index in [0.29, 0.717) is 6.54 Å². The Morgan fingerprint density at radius 1 is 0.808 bits per heavy atom. The smallest absolute Gasteiger partial charge is 0.125 e. The van der Waals surface area contributed by atoms with E-state index >= 15 is 0 Å². The first-order valence-corrected chi connectivity index (χ1v) is 8.98. The monoisotopic (exact) mass is 345 g/mol. The van der Waals surface area contributed by atoms with E-state index in [9.17, 15) is 5.11 Å². The minimum atomic E-state index is -0.590. The number of fused-ring (bicyclic) bond motifs is 3. The maximum Gasteiger partial charge on any atom is 0.125 e. The number of para-hydroxylation sites is 3. The summed E-state index contributed by atoms with van der Waals surface area (Å²) in [6.07, 6.45) is -0.590. The van der Waals surface area contributed by atoms with Gasteiger partial charge in [-0.2, -0.15) is 0 Å². The minimum absolute atomic E-state index is 0.270. The Morgan fingerprint density at radius 3 is 1.92 bits per heavy atom. The number of rotatable bonds is 5. The third-order valence-corrected chi connectivity index (χ3v) is 4.90. The molecule has 1 N–H and O–H groups in total. The molecule has 0 aliphatic carbocycles. The summed E-state index contributed by atoms with van der Waals surface area (Å²) in [5.74, 6) is 0.869. The van der Waals surface area contributed by atoms with Crippen molar-refractivity contribution in [2.45, 2.75) is 26.5 Å². The van der Waals surface area contributed by atoms with Gasteiger partial charge in [0, 0.05) is 21.8 Å². The first-order valence-electron chi connectivity index (χ1n) is 8.98. The molecule has 0 saturated carbocycles. The summed E-state index contributed by atoms with van der Waals surface area (Å²) in [6, 6.07) is 22.7. The molecule has 3 aromatic carbocycles. The zero-order valence-corrected chi connectivity index (χ0v) is 15.1. The van der Waals surface area contributed by atoms with Gasteiger partial charge in [-0.3, -0.25) is 0 Å². The predicted octanol–water partition coefficient (Wildman–Crippen LogP) is 4.85. The lowest BCUT2D eigenvalue weighted by Gasteiger charge is -2.17. The number of hydrogen-bond donors (Lipinski definition) is 1. The summed E-state index contributed by atoms with van der Waals surface area (Å²) in [4.78, 5) is 0. The average Bonchev–Trinajstić information content (AvgIpc) is 2.96. The molecule has 132 valence electrons. The second-order valence-corrected chi connectivity index (χ2v) is 6.83. The fourth-order valence-corrected chi connectivity index (χ4v) is 3.67. The Balaban J connectivity index is 1.60. The summed E-state index contributed by atoms with van der Waals surface area (Å²) in [7, 11) is 0. The van der Waals surface area contributed by atoms with Gasteiger partial charge in [0.1, 0.15) is 18.5 Å². The standard InChI is InChI=1S/C23H23NO2/c1-16-8-7-9-17(2)23(16)26-15-18(25)14-24-21-12-5-3-10-19(21)20-11-4-6-13-22(20)24/h3-13,18,25H,14-15H2,1-2H3/t18-/m1/s1.